The van der Waals surface area contributed by atoms with E-state index in [0.29, 0.717) is 36.6 Å². The molecule has 0 aliphatic carbocycles. The first-order valence-corrected chi connectivity index (χ1v) is 39.3. The molecular weight excluding hydrogens is 1480 g/mol. The van der Waals surface area contributed by atoms with Gasteiger partial charge in [0.1, 0.15) is 34.5 Å². The molecule has 0 N–H and O–H groups in total. The molecule has 600 valence electrons. The Labute approximate surface area is 651 Å². The maximum Gasteiger partial charge on any atom is 1.00 e. The largest absolute Gasteiger partial charge is 1.00 e. The SMILES string of the molecule is CC(=O)SCCCC(F)(F)C(F)(F)F.COC1CCCO1.COCOc1ccc([C@H]2COc3cc(OCOC)ccc3[C@H]2CCCCCCCCCOS(C)(=O)=O)cc1.COCOc1ccc([C@H]2COc3cc(OCOC)ccc3[C@H]2CCCCCCCCCSCCCC(F)(F)C(F)(F)F)cc1.C[O-].[Na+]. The van der Waals surface area contributed by atoms with Crippen molar-refractivity contribution in [2.24, 2.45) is 0 Å². The maximum absolute atomic E-state index is 12.9. The summed E-state index contributed by atoms with van der Waals surface area (Å²) < 4.78 is 213. The summed E-state index contributed by atoms with van der Waals surface area (Å²) in [4.78, 5) is 10.3. The Kier molecular flexibility index (Phi) is 50.5. The average Bonchev–Trinajstić information content (AvgIpc) is 0.835. The van der Waals surface area contributed by atoms with Gasteiger partial charge in [-0.1, -0.05) is 125 Å². The Morgan fingerprint density at radius 2 is 0.877 bits per heavy atom. The molecule has 4 aromatic carbocycles. The van der Waals surface area contributed by atoms with Gasteiger partial charge in [0.2, 0.25) is 0 Å². The predicted molar refractivity (Wildman–Crippen MR) is 385 cm³/mol. The van der Waals surface area contributed by atoms with E-state index in [2.05, 4.69) is 36.4 Å². The van der Waals surface area contributed by atoms with Gasteiger partial charge in [0.15, 0.2) is 38.6 Å². The number of hydrogen-bond acceptors (Lipinski definition) is 19. The van der Waals surface area contributed by atoms with E-state index in [4.69, 9.17) is 66.1 Å². The number of carbonyl (C=O) groups excluding carboxylic acids is 1. The fourth-order valence-electron chi connectivity index (χ4n) is 11.6. The van der Waals surface area contributed by atoms with E-state index in [-0.39, 0.29) is 105 Å². The van der Waals surface area contributed by atoms with E-state index in [9.17, 15) is 57.1 Å². The number of halogens is 10. The molecule has 3 heterocycles. The Bertz CT molecular complexity index is 3050. The molecule has 0 aromatic heterocycles. The first kappa shape index (κ1) is 98.1. The van der Waals surface area contributed by atoms with E-state index in [0.717, 1.165) is 175 Å². The summed E-state index contributed by atoms with van der Waals surface area (Å²) in [7, 11) is 5.49. The van der Waals surface area contributed by atoms with Crippen LogP contribution in [0.15, 0.2) is 84.9 Å². The Hall–Kier alpha value is -4.02. The van der Waals surface area contributed by atoms with Crippen LogP contribution in [0.25, 0.3) is 0 Å². The number of carbonyl (C=O) groups is 1. The van der Waals surface area contributed by atoms with Crippen LogP contribution in [0.2, 0.25) is 0 Å². The molecule has 5 atom stereocenters. The molecule has 106 heavy (non-hydrogen) atoms. The van der Waals surface area contributed by atoms with Gasteiger partial charge in [-0.15, -0.1) is 0 Å². The van der Waals surface area contributed by atoms with Crippen LogP contribution in [-0.2, 0) is 47.5 Å². The molecule has 0 amide bonds. The van der Waals surface area contributed by atoms with Crippen LogP contribution in [0, 0.1) is 0 Å². The molecule has 0 bridgehead atoms. The summed E-state index contributed by atoms with van der Waals surface area (Å²) in [5, 5.41) is 7.96. The number of methoxy groups -OCH3 is 5. The second-order valence-electron chi connectivity index (χ2n) is 25.1. The van der Waals surface area contributed by atoms with E-state index in [1.807, 2.05) is 48.5 Å². The van der Waals surface area contributed by atoms with E-state index in [1.54, 1.807) is 35.5 Å². The molecule has 0 saturated carbocycles. The Balaban J connectivity index is 0.000000553. The van der Waals surface area contributed by atoms with Crippen molar-refractivity contribution in [1.29, 1.82) is 0 Å². The summed E-state index contributed by atoms with van der Waals surface area (Å²) in [5.41, 5.74) is 4.85. The molecule has 31 heteroatoms. The number of hydrogen-bond donors (Lipinski definition) is 0. The summed E-state index contributed by atoms with van der Waals surface area (Å²) in [5.74, 6) is -2.29. The first-order valence-electron chi connectivity index (χ1n) is 35.4. The molecule has 0 spiro atoms. The van der Waals surface area contributed by atoms with Crippen molar-refractivity contribution in [1.82, 2.24) is 0 Å². The van der Waals surface area contributed by atoms with Crippen molar-refractivity contribution in [2.45, 2.75) is 202 Å². The number of unbranched alkanes of at least 4 members (excludes halogenated alkanes) is 12. The molecule has 4 aromatic rings. The third kappa shape index (κ3) is 39.2. The van der Waals surface area contributed by atoms with Crippen LogP contribution in [-0.4, -0.2) is 164 Å². The van der Waals surface area contributed by atoms with Crippen molar-refractivity contribution in [3.05, 3.63) is 107 Å². The van der Waals surface area contributed by atoms with Crippen molar-refractivity contribution in [3.8, 4) is 34.5 Å². The Morgan fingerprint density at radius 3 is 1.24 bits per heavy atom. The van der Waals surface area contributed by atoms with Crippen LogP contribution in [0.5, 0.6) is 34.5 Å². The van der Waals surface area contributed by atoms with Gasteiger partial charge in [-0.2, -0.15) is 71.2 Å². The quantitative estimate of drug-likeness (QED) is 0.0133. The number of thioether (sulfide) groups is 2. The molecule has 3 aliphatic heterocycles. The van der Waals surface area contributed by atoms with Crippen molar-refractivity contribution < 1.29 is 153 Å². The zero-order valence-corrected chi connectivity index (χ0v) is 67.2. The predicted octanol–water partition coefficient (Wildman–Crippen LogP) is 15.7. The topological polar surface area (TPSA) is 194 Å². The van der Waals surface area contributed by atoms with E-state index >= 15 is 0 Å². The van der Waals surface area contributed by atoms with Crippen molar-refractivity contribution >= 4 is 38.8 Å². The summed E-state index contributed by atoms with van der Waals surface area (Å²) in [6.45, 7) is 4.37. The van der Waals surface area contributed by atoms with Gasteiger partial charge in [-0.05, 0) is 127 Å². The van der Waals surface area contributed by atoms with E-state index < -0.39 is 47.2 Å². The van der Waals surface area contributed by atoms with Gasteiger partial charge in [0.25, 0.3) is 10.1 Å². The summed E-state index contributed by atoms with van der Waals surface area (Å²) >= 11 is 2.20. The minimum absolute atomic E-state index is 0. The zero-order chi connectivity index (χ0) is 77.6. The standard InChI is InChI=1S/C33H45F5O5S.C29H42O8S.C7H9F5OS.C5H10O2.CH3O.Na/c1-39-23-42-26-14-12-25(13-15-26)30-22-41-31-21-27(43-24-40-2)16-17-29(31)28(30)11-8-6-4-3-5-7-9-19-44-20-10-18-32(34,35)33(36,37)38;1-32-21-35-24-14-12-23(13-15-24)28-20-34-29-19-25(36-22-33-2)16-17-27(29)26(28)11-9-7-5-4-6-8-10-18-37-38(3,30)31;1-5(13)14-4-2-3-6(8,9)7(10,11)12;1-6-5-3-2-4-7-5;1-2;/h12-17,21,28,30H,3-11,18-20,22-24H2,1-2H3;12-17,19,26,28H,4-11,18,20-22H2,1-3H3;2-4H2,1H3;5H,2-4H2,1H3;1H3;/q;;;;-1;+1/t28-,30-;26-,28-;;;;/m11..../s1. The minimum atomic E-state index is -5.49. The van der Waals surface area contributed by atoms with Crippen LogP contribution in [0.4, 0.5) is 43.9 Å². The van der Waals surface area contributed by atoms with Gasteiger partial charge < -0.3 is 61.9 Å². The van der Waals surface area contributed by atoms with Crippen LogP contribution in [0.3, 0.4) is 0 Å². The van der Waals surface area contributed by atoms with Crippen molar-refractivity contribution in [2.75, 3.05) is 120 Å². The van der Waals surface area contributed by atoms with Crippen LogP contribution >= 0.6 is 23.5 Å². The molecule has 0 radical (unpaired) electrons. The van der Waals surface area contributed by atoms with Gasteiger partial charge in [0, 0.05) is 98.1 Å². The van der Waals surface area contributed by atoms with Crippen molar-refractivity contribution in [3.63, 3.8) is 0 Å². The summed E-state index contributed by atoms with van der Waals surface area (Å²) in [6, 6.07) is 28.5. The van der Waals surface area contributed by atoms with E-state index in [1.165, 1.54) is 47.4 Å². The molecule has 1 saturated heterocycles. The first-order chi connectivity index (χ1) is 50.2. The van der Waals surface area contributed by atoms with Gasteiger partial charge in [0.05, 0.1) is 26.1 Å². The van der Waals surface area contributed by atoms with Gasteiger partial charge in [-0.25, -0.2) is 0 Å². The van der Waals surface area contributed by atoms with Gasteiger partial charge in [-0.3, -0.25) is 8.98 Å². The average molecular weight is 1590 g/mol. The third-order valence-corrected chi connectivity index (χ3v) is 19.7. The maximum atomic E-state index is 12.9. The number of rotatable bonds is 44. The second kappa shape index (κ2) is 54.6. The fraction of sp³-hybridized carbons (Fsp3) is 0.667. The molecular formula is C75H109F10NaO17S3. The molecule has 7 rings (SSSR count). The number of ether oxygens (including phenoxy) is 12. The molecule has 3 aliphatic rings. The molecule has 17 nitrogen and oxygen atoms in total. The number of benzene rings is 4. The third-order valence-electron chi connectivity index (χ3n) is 17.0. The zero-order valence-electron chi connectivity index (χ0n) is 62.7. The summed E-state index contributed by atoms with van der Waals surface area (Å²) in [6.07, 6.45) is 6.74. The van der Waals surface area contributed by atoms with Gasteiger partial charge >= 0.3 is 53.8 Å². The number of fused-ring (bicyclic) bond motifs is 2. The van der Waals surface area contributed by atoms with Crippen LogP contribution < -0.4 is 63.1 Å². The molecule has 1 unspecified atom stereocenters. The van der Waals surface area contributed by atoms with Crippen LogP contribution in [0.1, 0.15) is 194 Å². The number of alkyl halides is 10. The smallest absolute Gasteiger partial charge is 0.857 e. The normalized spacial score (nSPS) is 16.9. The minimum Gasteiger partial charge on any atom is -0.857 e. The fourth-order valence-corrected chi connectivity index (χ4v) is 13.6. The Morgan fingerprint density at radius 1 is 0.509 bits per heavy atom. The monoisotopic (exact) mass is 1590 g/mol. The second-order valence-corrected chi connectivity index (χ2v) is 29.2. The molecule has 1 fully saturated rings.